The first kappa shape index (κ1) is 12.5. The van der Waals surface area contributed by atoms with Crippen molar-refractivity contribution >= 4 is 5.97 Å². The van der Waals surface area contributed by atoms with Crippen LogP contribution in [-0.4, -0.2) is 25.2 Å². The molecule has 1 N–H and O–H groups in total. The predicted octanol–water partition coefficient (Wildman–Crippen LogP) is 2.11. The van der Waals surface area contributed by atoms with E-state index in [1.807, 2.05) is 6.92 Å². The van der Waals surface area contributed by atoms with Gasteiger partial charge in [-0.1, -0.05) is 13.8 Å². The number of hydrogen-bond acceptors (Lipinski definition) is 3. The maximum absolute atomic E-state index is 11.2. The molecule has 0 saturated heterocycles. The molecule has 1 aliphatic carbocycles. The van der Waals surface area contributed by atoms with E-state index in [2.05, 4.69) is 19.2 Å². The molecule has 3 nitrogen and oxygen atoms in total. The predicted molar refractivity (Wildman–Crippen MR) is 60.7 cm³/mol. The second-order valence-corrected chi connectivity index (χ2v) is 5.35. The van der Waals surface area contributed by atoms with Crippen LogP contribution in [0.1, 0.15) is 46.5 Å². The summed E-state index contributed by atoms with van der Waals surface area (Å²) in [5.74, 6) is -0.167. The molecule has 1 rings (SSSR count). The molecule has 1 atom stereocenters. The highest BCUT2D eigenvalue weighted by molar-refractivity contribution is 5.75. The van der Waals surface area contributed by atoms with E-state index < -0.39 is 0 Å². The highest BCUT2D eigenvalue weighted by Gasteiger charge is 2.28. The second kappa shape index (κ2) is 4.97. The van der Waals surface area contributed by atoms with Gasteiger partial charge < -0.3 is 10.1 Å². The number of nitrogens with one attached hydrogen (secondary N) is 1. The lowest BCUT2D eigenvalue weighted by Crippen LogP contribution is -2.44. The first-order chi connectivity index (χ1) is 6.94. The van der Waals surface area contributed by atoms with Gasteiger partial charge in [-0.3, -0.25) is 4.79 Å². The molecule has 0 aromatic carbocycles. The van der Waals surface area contributed by atoms with Crippen molar-refractivity contribution in [3.8, 4) is 0 Å². The van der Waals surface area contributed by atoms with Crippen LogP contribution in [-0.2, 0) is 9.53 Å². The molecule has 3 heteroatoms. The maximum atomic E-state index is 11.2. The number of esters is 1. The largest absolute Gasteiger partial charge is 0.468 e. The topological polar surface area (TPSA) is 38.3 Å². The third-order valence-corrected chi connectivity index (χ3v) is 3.38. The molecule has 1 saturated carbocycles. The van der Waals surface area contributed by atoms with Crippen molar-refractivity contribution in [2.75, 3.05) is 7.11 Å². The molecule has 0 unspecified atom stereocenters. The Morgan fingerprint density at radius 1 is 1.40 bits per heavy atom. The molecule has 88 valence electrons. The lowest BCUT2D eigenvalue weighted by molar-refractivity contribution is -0.142. The molecule has 0 amide bonds. The average Bonchev–Trinajstić information content (AvgIpc) is 2.20. The van der Waals surface area contributed by atoms with Crippen LogP contribution >= 0.6 is 0 Å². The molecule has 0 heterocycles. The van der Waals surface area contributed by atoms with Crippen molar-refractivity contribution in [1.82, 2.24) is 5.32 Å². The lowest BCUT2D eigenvalue weighted by Gasteiger charge is -2.35. The SMILES string of the molecule is COC(=O)[C@H](C)NC1CCC(C)(C)CC1. The molecular formula is C12H23NO2. The summed E-state index contributed by atoms with van der Waals surface area (Å²) < 4.78 is 4.69. The second-order valence-electron chi connectivity index (χ2n) is 5.35. The summed E-state index contributed by atoms with van der Waals surface area (Å²) in [6.07, 6.45) is 4.79. The summed E-state index contributed by atoms with van der Waals surface area (Å²) in [5.41, 5.74) is 0.479. The first-order valence-corrected chi connectivity index (χ1v) is 5.78. The van der Waals surface area contributed by atoms with Gasteiger partial charge in [-0.2, -0.15) is 0 Å². The van der Waals surface area contributed by atoms with E-state index in [9.17, 15) is 4.79 Å². The Kier molecular flexibility index (Phi) is 4.14. The molecule has 0 spiro atoms. The van der Waals surface area contributed by atoms with Crippen LogP contribution in [0.5, 0.6) is 0 Å². The monoisotopic (exact) mass is 213 g/mol. The quantitative estimate of drug-likeness (QED) is 0.730. The van der Waals surface area contributed by atoms with E-state index in [1.54, 1.807) is 0 Å². The van der Waals surface area contributed by atoms with E-state index >= 15 is 0 Å². The van der Waals surface area contributed by atoms with Crippen LogP contribution in [0.3, 0.4) is 0 Å². The van der Waals surface area contributed by atoms with Crippen molar-refractivity contribution < 1.29 is 9.53 Å². The minimum absolute atomic E-state index is 0.167. The Morgan fingerprint density at radius 3 is 2.40 bits per heavy atom. The van der Waals surface area contributed by atoms with E-state index in [0.717, 1.165) is 12.8 Å². The number of ether oxygens (including phenoxy) is 1. The van der Waals surface area contributed by atoms with Crippen molar-refractivity contribution in [2.24, 2.45) is 5.41 Å². The Hall–Kier alpha value is -0.570. The van der Waals surface area contributed by atoms with E-state index in [0.29, 0.717) is 11.5 Å². The average molecular weight is 213 g/mol. The standard InChI is InChI=1S/C12H23NO2/c1-9(11(14)15-4)13-10-5-7-12(2,3)8-6-10/h9-10,13H,5-8H2,1-4H3/t9-/m0/s1. The van der Waals surface area contributed by atoms with Crippen LogP contribution in [0.2, 0.25) is 0 Å². The molecule has 0 aromatic rings. The summed E-state index contributed by atoms with van der Waals surface area (Å²) >= 11 is 0. The first-order valence-electron chi connectivity index (χ1n) is 5.78. The highest BCUT2D eigenvalue weighted by Crippen LogP contribution is 2.35. The van der Waals surface area contributed by atoms with Crippen LogP contribution in [0.15, 0.2) is 0 Å². The maximum Gasteiger partial charge on any atom is 0.322 e. The number of hydrogen-bond donors (Lipinski definition) is 1. The smallest absolute Gasteiger partial charge is 0.322 e. The van der Waals surface area contributed by atoms with Crippen molar-refractivity contribution in [3.63, 3.8) is 0 Å². The van der Waals surface area contributed by atoms with E-state index in [4.69, 9.17) is 4.74 Å². The molecule has 0 aliphatic heterocycles. The van der Waals surface area contributed by atoms with Gasteiger partial charge in [0, 0.05) is 6.04 Å². The minimum Gasteiger partial charge on any atom is -0.468 e. The zero-order valence-electron chi connectivity index (χ0n) is 10.3. The zero-order chi connectivity index (χ0) is 11.5. The Labute approximate surface area is 92.6 Å². The fraction of sp³-hybridized carbons (Fsp3) is 0.917. The third-order valence-electron chi connectivity index (χ3n) is 3.38. The van der Waals surface area contributed by atoms with Crippen molar-refractivity contribution in [1.29, 1.82) is 0 Å². The Morgan fingerprint density at radius 2 is 1.93 bits per heavy atom. The fourth-order valence-corrected chi connectivity index (χ4v) is 2.16. The summed E-state index contributed by atoms with van der Waals surface area (Å²) in [5, 5.41) is 3.33. The van der Waals surface area contributed by atoms with E-state index in [-0.39, 0.29) is 12.0 Å². The number of methoxy groups -OCH3 is 1. The zero-order valence-corrected chi connectivity index (χ0v) is 10.3. The molecule has 0 bridgehead atoms. The van der Waals surface area contributed by atoms with Crippen LogP contribution in [0.25, 0.3) is 0 Å². The number of rotatable bonds is 3. The Balaban J connectivity index is 2.32. The van der Waals surface area contributed by atoms with E-state index in [1.165, 1.54) is 20.0 Å². The number of carbonyl (C=O) groups is 1. The van der Waals surface area contributed by atoms with Gasteiger partial charge in [-0.15, -0.1) is 0 Å². The molecule has 15 heavy (non-hydrogen) atoms. The van der Waals surface area contributed by atoms with Gasteiger partial charge >= 0.3 is 5.97 Å². The van der Waals surface area contributed by atoms with Gasteiger partial charge in [0.05, 0.1) is 7.11 Å². The van der Waals surface area contributed by atoms with Crippen LogP contribution in [0, 0.1) is 5.41 Å². The van der Waals surface area contributed by atoms with Crippen molar-refractivity contribution in [3.05, 3.63) is 0 Å². The Bertz CT molecular complexity index is 216. The molecular weight excluding hydrogens is 190 g/mol. The number of carbonyl (C=O) groups excluding carboxylic acids is 1. The van der Waals surface area contributed by atoms with Gasteiger partial charge in [0.25, 0.3) is 0 Å². The lowest BCUT2D eigenvalue weighted by atomic mass is 9.75. The summed E-state index contributed by atoms with van der Waals surface area (Å²) in [4.78, 5) is 11.2. The van der Waals surface area contributed by atoms with Gasteiger partial charge in [0.2, 0.25) is 0 Å². The molecule has 0 radical (unpaired) electrons. The van der Waals surface area contributed by atoms with Crippen LogP contribution in [0.4, 0.5) is 0 Å². The van der Waals surface area contributed by atoms with Gasteiger partial charge in [0.15, 0.2) is 0 Å². The molecule has 1 aliphatic rings. The summed E-state index contributed by atoms with van der Waals surface area (Å²) in [7, 11) is 1.44. The minimum atomic E-state index is -0.179. The molecule has 1 fully saturated rings. The highest BCUT2D eigenvalue weighted by atomic mass is 16.5. The van der Waals surface area contributed by atoms with Gasteiger partial charge in [-0.05, 0) is 38.0 Å². The third kappa shape index (κ3) is 3.82. The fourth-order valence-electron chi connectivity index (χ4n) is 2.16. The normalized spacial score (nSPS) is 23.5. The van der Waals surface area contributed by atoms with Crippen molar-refractivity contribution in [2.45, 2.75) is 58.5 Å². The summed E-state index contributed by atoms with van der Waals surface area (Å²) in [6, 6.07) is 0.299. The van der Waals surface area contributed by atoms with Gasteiger partial charge in [0.1, 0.15) is 6.04 Å². The summed E-state index contributed by atoms with van der Waals surface area (Å²) in [6.45, 7) is 6.49. The van der Waals surface area contributed by atoms with Crippen LogP contribution < -0.4 is 5.32 Å². The van der Waals surface area contributed by atoms with Gasteiger partial charge in [-0.25, -0.2) is 0 Å². The molecule has 0 aromatic heterocycles.